The molecule has 0 radical (unpaired) electrons. The van der Waals surface area contributed by atoms with Crippen LogP contribution in [0.1, 0.15) is 0 Å². The van der Waals surface area contributed by atoms with Gasteiger partial charge in [0.25, 0.3) is 5.12 Å². The molecule has 0 rings (SSSR count). The molecule has 1 unspecified atom stereocenters. The summed E-state index contributed by atoms with van der Waals surface area (Å²) in [6.45, 7) is 0. The largest absolute Gasteiger partial charge is 0.330 e. The minimum Gasteiger partial charge on any atom is -0.320 e. The Kier molecular flexibility index (Phi) is 3.29. The highest BCUT2D eigenvalue weighted by atomic mass is 32.2. The van der Waals surface area contributed by atoms with E-state index in [1.165, 1.54) is 0 Å². The van der Waals surface area contributed by atoms with Gasteiger partial charge in [0.15, 0.2) is 0 Å². The molecule has 0 aromatic heterocycles. The van der Waals surface area contributed by atoms with Gasteiger partial charge in [-0.15, -0.1) is 0 Å². The molecule has 60 valence electrons. The van der Waals surface area contributed by atoms with Crippen molar-refractivity contribution in [2.75, 3.05) is 5.75 Å². The number of nitrogens with two attached hydrogens (primary N) is 1. The monoisotopic (exact) mass is 185 g/mol. The van der Waals surface area contributed by atoms with Gasteiger partial charge < -0.3 is 5.73 Å². The maximum atomic E-state index is 10.4. The van der Waals surface area contributed by atoms with Crippen molar-refractivity contribution in [3.05, 3.63) is 0 Å². The van der Waals surface area contributed by atoms with Crippen molar-refractivity contribution in [2.45, 2.75) is 6.04 Å². The van der Waals surface area contributed by atoms with Gasteiger partial charge in [0.05, 0.1) is 6.04 Å². The van der Waals surface area contributed by atoms with E-state index in [1.54, 1.807) is 0 Å². The summed E-state index contributed by atoms with van der Waals surface area (Å²) in [6, 6.07) is -1.25. The standard InChI is InChI=1S/C3H7NO4S2/c4-2(1-9)3(5)10(6,7)8/h2,9H,1,4H2,(H,6,7,8). The van der Waals surface area contributed by atoms with Crippen LogP contribution in [-0.2, 0) is 14.9 Å². The normalized spacial score (nSPS) is 14.7. The quantitative estimate of drug-likeness (QED) is 0.365. The van der Waals surface area contributed by atoms with Gasteiger partial charge in [-0.2, -0.15) is 21.0 Å². The molecular weight excluding hydrogens is 178 g/mol. The molecule has 0 aliphatic heterocycles. The minimum atomic E-state index is -4.63. The topological polar surface area (TPSA) is 97.5 Å². The van der Waals surface area contributed by atoms with Crippen molar-refractivity contribution in [3.63, 3.8) is 0 Å². The lowest BCUT2D eigenvalue weighted by molar-refractivity contribution is -0.113. The van der Waals surface area contributed by atoms with Gasteiger partial charge in [-0.1, -0.05) is 0 Å². The molecule has 0 aromatic rings. The van der Waals surface area contributed by atoms with Gasteiger partial charge in [0.2, 0.25) is 0 Å². The average molecular weight is 185 g/mol. The molecule has 0 spiro atoms. The van der Waals surface area contributed by atoms with Crippen LogP contribution >= 0.6 is 12.6 Å². The zero-order valence-electron chi connectivity index (χ0n) is 4.89. The Labute approximate surface area is 63.8 Å². The molecule has 1 atom stereocenters. The van der Waals surface area contributed by atoms with Crippen molar-refractivity contribution in [2.24, 2.45) is 5.73 Å². The molecule has 0 saturated carbocycles. The minimum absolute atomic E-state index is 0.112. The molecule has 7 heteroatoms. The van der Waals surface area contributed by atoms with Gasteiger partial charge in [-0.05, 0) is 0 Å². The highest BCUT2D eigenvalue weighted by Crippen LogP contribution is 1.92. The Morgan fingerprint density at radius 3 is 2.20 bits per heavy atom. The summed E-state index contributed by atoms with van der Waals surface area (Å²) in [5.74, 6) is -0.112. The number of rotatable bonds is 2. The van der Waals surface area contributed by atoms with Gasteiger partial charge in [-0.3, -0.25) is 9.35 Å². The van der Waals surface area contributed by atoms with Crippen molar-refractivity contribution >= 4 is 27.9 Å². The summed E-state index contributed by atoms with van der Waals surface area (Å²) in [6.07, 6.45) is 0. The maximum Gasteiger partial charge on any atom is 0.330 e. The predicted molar refractivity (Wildman–Crippen MR) is 38.4 cm³/mol. The van der Waals surface area contributed by atoms with E-state index in [-0.39, 0.29) is 5.75 Å². The molecule has 5 nitrogen and oxygen atoms in total. The van der Waals surface area contributed by atoms with E-state index < -0.39 is 21.3 Å². The fourth-order valence-electron chi connectivity index (χ4n) is 0.266. The van der Waals surface area contributed by atoms with Crippen LogP contribution in [0.25, 0.3) is 0 Å². The van der Waals surface area contributed by atoms with Crippen LogP contribution in [0.4, 0.5) is 0 Å². The summed E-state index contributed by atoms with van der Waals surface area (Å²) in [5.41, 5.74) is 4.94. The van der Waals surface area contributed by atoms with Crippen LogP contribution in [0.2, 0.25) is 0 Å². The van der Waals surface area contributed by atoms with E-state index in [2.05, 4.69) is 12.6 Å². The molecule has 0 aromatic carbocycles. The lowest BCUT2D eigenvalue weighted by atomic mass is 10.4. The zero-order chi connectivity index (χ0) is 8.36. The Balaban J connectivity index is 4.40. The Hall–Kier alpha value is -0.110. The molecule has 3 N–H and O–H groups in total. The summed E-state index contributed by atoms with van der Waals surface area (Å²) < 4.78 is 28.1. The number of carbonyl (C=O) groups excluding carboxylic acids is 1. The van der Waals surface area contributed by atoms with E-state index in [0.717, 1.165) is 0 Å². The van der Waals surface area contributed by atoms with Crippen LogP contribution in [0.5, 0.6) is 0 Å². The zero-order valence-corrected chi connectivity index (χ0v) is 6.60. The van der Waals surface area contributed by atoms with Crippen LogP contribution in [0.15, 0.2) is 0 Å². The van der Waals surface area contributed by atoms with Crippen molar-refractivity contribution < 1.29 is 17.8 Å². The third-order valence-electron chi connectivity index (χ3n) is 0.754. The third-order valence-corrected chi connectivity index (χ3v) is 1.96. The van der Waals surface area contributed by atoms with Crippen LogP contribution in [-0.4, -0.2) is 29.9 Å². The molecule has 0 aliphatic carbocycles. The second-order valence-corrected chi connectivity index (χ2v) is 3.30. The molecule has 0 saturated heterocycles. The lowest BCUT2D eigenvalue weighted by Crippen LogP contribution is -2.37. The van der Waals surface area contributed by atoms with Crippen molar-refractivity contribution in [3.8, 4) is 0 Å². The lowest BCUT2D eigenvalue weighted by Gasteiger charge is -2.01. The second kappa shape index (κ2) is 3.33. The van der Waals surface area contributed by atoms with Gasteiger partial charge in [-0.25, -0.2) is 0 Å². The smallest absolute Gasteiger partial charge is 0.320 e. The van der Waals surface area contributed by atoms with E-state index >= 15 is 0 Å². The first-order valence-corrected chi connectivity index (χ1v) is 4.34. The maximum absolute atomic E-state index is 10.4. The van der Waals surface area contributed by atoms with Crippen LogP contribution < -0.4 is 5.73 Å². The van der Waals surface area contributed by atoms with Crippen LogP contribution in [0, 0.1) is 0 Å². The number of hydrogen-bond acceptors (Lipinski definition) is 5. The predicted octanol–water partition coefficient (Wildman–Crippen LogP) is -1.34. The molecule has 10 heavy (non-hydrogen) atoms. The first-order chi connectivity index (χ1) is 4.39. The summed E-state index contributed by atoms with van der Waals surface area (Å²) in [7, 11) is -4.63. The number of carbonyl (C=O) groups is 1. The van der Waals surface area contributed by atoms with E-state index in [9.17, 15) is 13.2 Å². The highest BCUT2D eigenvalue weighted by molar-refractivity contribution is 8.01. The van der Waals surface area contributed by atoms with Gasteiger partial charge in [0, 0.05) is 5.75 Å². The summed E-state index contributed by atoms with van der Waals surface area (Å²) >= 11 is 3.57. The van der Waals surface area contributed by atoms with E-state index in [1.807, 2.05) is 0 Å². The highest BCUT2D eigenvalue weighted by Gasteiger charge is 2.24. The fraction of sp³-hybridized carbons (Fsp3) is 0.667. The Bertz CT molecular complexity index is 221. The Morgan fingerprint density at radius 2 is 2.10 bits per heavy atom. The first kappa shape index (κ1) is 9.89. The van der Waals surface area contributed by atoms with Gasteiger partial charge in [0.1, 0.15) is 0 Å². The Morgan fingerprint density at radius 1 is 1.70 bits per heavy atom. The summed E-state index contributed by atoms with van der Waals surface area (Å²) in [4.78, 5) is 10.4. The van der Waals surface area contributed by atoms with Crippen molar-refractivity contribution in [1.29, 1.82) is 0 Å². The fourth-order valence-corrected chi connectivity index (χ4v) is 1.02. The molecular formula is C3H7NO4S2. The van der Waals surface area contributed by atoms with Crippen LogP contribution in [0.3, 0.4) is 0 Å². The number of thiol groups is 1. The van der Waals surface area contributed by atoms with Gasteiger partial charge >= 0.3 is 10.1 Å². The van der Waals surface area contributed by atoms with E-state index in [0.29, 0.717) is 0 Å². The first-order valence-electron chi connectivity index (χ1n) is 2.27. The SMILES string of the molecule is NC(CS)C(=O)S(=O)(=O)O. The molecule has 0 heterocycles. The summed E-state index contributed by atoms with van der Waals surface area (Å²) in [5, 5.41) is -1.40. The van der Waals surface area contributed by atoms with E-state index in [4.69, 9.17) is 10.3 Å². The molecule has 0 aliphatic rings. The average Bonchev–Trinajstić information content (AvgIpc) is 1.83. The molecule has 0 bridgehead atoms. The second-order valence-electron chi connectivity index (χ2n) is 1.58. The molecule has 0 fully saturated rings. The third kappa shape index (κ3) is 2.65. The number of hydrogen-bond donors (Lipinski definition) is 3. The molecule has 0 amide bonds. The van der Waals surface area contributed by atoms with Crippen molar-refractivity contribution in [1.82, 2.24) is 0 Å².